The van der Waals surface area contributed by atoms with Crippen LogP contribution in [0.15, 0.2) is 23.8 Å². The van der Waals surface area contributed by atoms with Gasteiger partial charge in [0.15, 0.2) is 0 Å². The van der Waals surface area contributed by atoms with Gasteiger partial charge in [-0.15, -0.1) is 11.6 Å². The molecule has 3 nitrogen and oxygen atoms in total. The van der Waals surface area contributed by atoms with E-state index in [1.54, 1.807) is 12.2 Å². The van der Waals surface area contributed by atoms with Gasteiger partial charge in [-0.1, -0.05) is 31.1 Å². The normalized spacial score (nSPS) is 33.8. The molecule has 1 fully saturated rings. The Morgan fingerprint density at radius 2 is 2.18 bits per heavy atom. The van der Waals surface area contributed by atoms with Gasteiger partial charge in [-0.3, -0.25) is 4.79 Å². The molecule has 0 heterocycles. The monoisotopic (exact) mass is 255 g/mol. The van der Waals surface area contributed by atoms with Crippen molar-refractivity contribution in [2.24, 2.45) is 17.1 Å². The summed E-state index contributed by atoms with van der Waals surface area (Å²) in [5.74, 6) is -0.121. The molecule has 2 aliphatic carbocycles. The maximum absolute atomic E-state index is 11.9. The van der Waals surface area contributed by atoms with Gasteiger partial charge in [0.2, 0.25) is 5.91 Å². The zero-order chi connectivity index (χ0) is 12.5. The minimum absolute atomic E-state index is 0.0563. The molecule has 0 radical (unpaired) electrons. The number of hydrogen-bond acceptors (Lipinski definition) is 2. The van der Waals surface area contributed by atoms with Crippen LogP contribution in [0.2, 0.25) is 0 Å². The van der Waals surface area contributed by atoms with Gasteiger partial charge in [0.05, 0.1) is 17.4 Å². The second-order valence-electron chi connectivity index (χ2n) is 4.91. The summed E-state index contributed by atoms with van der Waals surface area (Å²) in [6.07, 6.45) is 9.61. The lowest BCUT2D eigenvalue weighted by Crippen LogP contribution is -2.48. The van der Waals surface area contributed by atoms with Gasteiger partial charge < -0.3 is 10.8 Å². The Balaban J connectivity index is 2.33. The van der Waals surface area contributed by atoms with E-state index >= 15 is 0 Å². The van der Waals surface area contributed by atoms with Crippen molar-refractivity contribution in [3.8, 4) is 0 Å². The Morgan fingerprint density at radius 1 is 1.53 bits per heavy atom. The molecule has 2 aliphatic rings. The van der Waals surface area contributed by atoms with Crippen molar-refractivity contribution in [3.05, 3.63) is 23.8 Å². The Hall–Kier alpha value is -0.800. The standard InChI is InChI=1S/C13H18ClNO2/c14-11-7-9(8-16)5-6-13(11,12(15)17)10-3-1-2-4-10/h5-7,10-11,16H,1-4,8H2,(H2,15,17). The fourth-order valence-corrected chi connectivity index (χ4v) is 3.53. The molecule has 0 aromatic rings. The second kappa shape index (κ2) is 4.83. The van der Waals surface area contributed by atoms with Crippen LogP contribution in [0, 0.1) is 11.3 Å². The topological polar surface area (TPSA) is 63.3 Å². The second-order valence-corrected chi connectivity index (χ2v) is 5.38. The molecular formula is C13H18ClNO2. The number of nitrogens with two attached hydrogens (primary N) is 1. The molecule has 0 aliphatic heterocycles. The van der Waals surface area contributed by atoms with Crippen LogP contribution in [-0.2, 0) is 4.79 Å². The van der Waals surface area contributed by atoms with E-state index in [0.717, 1.165) is 31.3 Å². The first-order valence-corrected chi connectivity index (χ1v) is 6.49. The molecule has 1 amide bonds. The van der Waals surface area contributed by atoms with Crippen molar-refractivity contribution in [1.29, 1.82) is 0 Å². The van der Waals surface area contributed by atoms with Crippen molar-refractivity contribution < 1.29 is 9.90 Å². The van der Waals surface area contributed by atoms with Crippen LogP contribution >= 0.6 is 11.6 Å². The third-order valence-electron chi connectivity index (χ3n) is 4.03. The number of aliphatic hydroxyl groups excluding tert-OH is 1. The van der Waals surface area contributed by atoms with Gasteiger partial charge in [0.25, 0.3) is 0 Å². The molecule has 0 saturated heterocycles. The van der Waals surface area contributed by atoms with E-state index in [2.05, 4.69) is 0 Å². The number of amides is 1. The molecular weight excluding hydrogens is 238 g/mol. The van der Waals surface area contributed by atoms with Crippen LogP contribution in [0.5, 0.6) is 0 Å². The lowest BCUT2D eigenvalue weighted by molar-refractivity contribution is -0.127. The van der Waals surface area contributed by atoms with E-state index in [1.807, 2.05) is 6.08 Å². The van der Waals surface area contributed by atoms with Crippen molar-refractivity contribution in [2.75, 3.05) is 6.61 Å². The Labute approximate surface area is 106 Å². The zero-order valence-corrected chi connectivity index (χ0v) is 10.5. The predicted octanol–water partition coefficient (Wildman–Crippen LogP) is 1.74. The largest absolute Gasteiger partial charge is 0.392 e. The average molecular weight is 256 g/mol. The summed E-state index contributed by atoms with van der Waals surface area (Å²) in [4.78, 5) is 11.9. The Kier molecular flexibility index (Phi) is 3.59. The van der Waals surface area contributed by atoms with E-state index in [1.165, 1.54) is 0 Å². The van der Waals surface area contributed by atoms with Crippen molar-refractivity contribution in [2.45, 2.75) is 31.1 Å². The van der Waals surface area contributed by atoms with Crippen LogP contribution in [-0.4, -0.2) is 23.0 Å². The van der Waals surface area contributed by atoms with Gasteiger partial charge in [0.1, 0.15) is 0 Å². The fourth-order valence-electron chi connectivity index (χ4n) is 3.01. The molecule has 2 unspecified atom stereocenters. The number of allylic oxidation sites excluding steroid dienone is 1. The smallest absolute Gasteiger partial charge is 0.229 e. The maximum atomic E-state index is 11.9. The maximum Gasteiger partial charge on any atom is 0.229 e. The quantitative estimate of drug-likeness (QED) is 0.755. The summed E-state index contributed by atoms with van der Waals surface area (Å²) >= 11 is 6.35. The number of halogens is 1. The number of rotatable bonds is 3. The summed E-state index contributed by atoms with van der Waals surface area (Å²) in [6, 6.07) is 0. The third kappa shape index (κ3) is 2.02. The van der Waals surface area contributed by atoms with Crippen LogP contribution in [0.25, 0.3) is 0 Å². The molecule has 17 heavy (non-hydrogen) atoms. The van der Waals surface area contributed by atoms with Gasteiger partial charge in [-0.2, -0.15) is 0 Å². The minimum atomic E-state index is -0.767. The van der Waals surface area contributed by atoms with E-state index < -0.39 is 10.8 Å². The Bertz CT molecular complexity index is 372. The highest BCUT2D eigenvalue weighted by atomic mass is 35.5. The van der Waals surface area contributed by atoms with Crippen molar-refractivity contribution in [3.63, 3.8) is 0 Å². The van der Waals surface area contributed by atoms with Gasteiger partial charge in [-0.25, -0.2) is 0 Å². The average Bonchev–Trinajstić information content (AvgIpc) is 2.82. The molecule has 2 atom stereocenters. The molecule has 4 heteroatoms. The molecule has 1 saturated carbocycles. The molecule has 0 aromatic carbocycles. The highest BCUT2D eigenvalue weighted by molar-refractivity contribution is 6.24. The fraction of sp³-hybridized carbons (Fsp3) is 0.615. The van der Waals surface area contributed by atoms with E-state index in [-0.39, 0.29) is 18.4 Å². The number of carbonyl (C=O) groups excluding carboxylic acids is 1. The summed E-state index contributed by atoms with van der Waals surface area (Å²) in [5.41, 5.74) is 5.58. The lowest BCUT2D eigenvalue weighted by atomic mass is 9.68. The SMILES string of the molecule is NC(=O)C1(C2CCCC2)C=CC(CO)=CC1Cl. The molecule has 0 bridgehead atoms. The summed E-state index contributed by atoms with van der Waals surface area (Å²) in [5, 5.41) is 8.64. The van der Waals surface area contributed by atoms with E-state index in [9.17, 15) is 4.79 Å². The highest BCUT2D eigenvalue weighted by Crippen LogP contribution is 2.47. The van der Waals surface area contributed by atoms with Crippen LogP contribution in [0.4, 0.5) is 0 Å². The van der Waals surface area contributed by atoms with Crippen LogP contribution in [0.1, 0.15) is 25.7 Å². The summed E-state index contributed by atoms with van der Waals surface area (Å²) in [7, 11) is 0. The summed E-state index contributed by atoms with van der Waals surface area (Å²) in [6.45, 7) is -0.0563. The summed E-state index contributed by atoms with van der Waals surface area (Å²) < 4.78 is 0. The first-order valence-electron chi connectivity index (χ1n) is 6.06. The van der Waals surface area contributed by atoms with Gasteiger partial charge in [0, 0.05) is 0 Å². The first kappa shape index (κ1) is 12.7. The predicted molar refractivity (Wildman–Crippen MR) is 67.5 cm³/mol. The highest BCUT2D eigenvalue weighted by Gasteiger charge is 2.48. The third-order valence-corrected chi connectivity index (χ3v) is 4.52. The Morgan fingerprint density at radius 3 is 2.65 bits per heavy atom. The number of carbonyl (C=O) groups is 1. The van der Waals surface area contributed by atoms with E-state index in [4.69, 9.17) is 22.4 Å². The first-order chi connectivity index (χ1) is 8.11. The molecule has 2 rings (SSSR count). The molecule has 94 valence electrons. The van der Waals surface area contributed by atoms with Crippen LogP contribution in [0.3, 0.4) is 0 Å². The number of primary amides is 1. The van der Waals surface area contributed by atoms with Gasteiger partial charge in [-0.05, 0) is 24.3 Å². The number of hydrogen-bond donors (Lipinski definition) is 2. The molecule has 0 spiro atoms. The zero-order valence-electron chi connectivity index (χ0n) is 9.73. The molecule has 3 N–H and O–H groups in total. The van der Waals surface area contributed by atoms with E-state index in [0.29, 0.717) is 0 Å². The van der Waals surface area contributed by atoms with Crippen molar-refractivity contribution >= 4 is 17.5 Å². The molecule has 0 aromatic heterocycles. The lowest BCUT2D eigenvalue weighted by Gasteiger charge is -2.38. The number of aliphatic hydroxyl groups is 1. The van der Waals surface area contributed by atoms with Gasteiger partial charge >= 0.3 is 0 Å². The number of alkyl halides is 1. The van der Waals surface area contributed by atoms with Crippen LogP contribution < -0.4 is 5.73 Å². The minimum Gasteiger partial charge on any atom is -0.392 e. The van der Waals surface area contributed by atoms with Crippen molar-refractivity contribution in [1.82, 2.24) is 0 Å².